The number of rotatable bonds is 8. The summed E-state index contributed by atoms with van der Waals surface area (Å²) >= 11 is 6.59. The number of halogens is 1. The Morgan fingerprint density at radius 3 is 2.74 bits per heavy atom. The molecule has 1 aromatic carbocycles. The molecule has 2 fully saturated rings. The van der Waals surface area contributed by atoms with Crippen molar-refractivity contribution in [3.05, 3.63) is 83.6 Å². The minimum absolute atomic E-state index is 0.0135. The Bertz CT molecular complexity index is 1490. The van der Waals surface area contributed by atoms with Gasteiger partial charge in [0.15, 0.2) is 0 Å². The summed E-state index contributed by atoms with van der Waals surface area (Å²) < 4.78 is 5.99. The zero-order chi connectivity index (χ0) is 26.1. The van der Waals surface area contributed by atoms with E-state index in [-0.39, 0.29) is 5.91 Å². The lowest BCUT2D eigenvalue weighted by molar-refractivity contribution is -0.127. The highest BCUT2D eigenvalue weighted by molar-refractivity contribution is 6.32. The number of amides is 1. The number of ether oxygens (including phenoxy) is 1. The summed E-state index contributed by atoms with van der Waals surface area (Å²) in [5.74, 6) is 2.28. The van der Waals surface area contributed by atoms with Crippen molar-refractivity contribution in [1.29, 1.82) is 0 Å². The van der Waals surface area contributed by atoms with Crippen molar-refractivity contribution in [3.63, 3.8) is 0 Å². The minimum atomic E-state index is -0.0135. The maximum Gasteiger partial charge on any atom is 0.245 e. The van der Waals surface area contributed by atoms with Gasteiger partial charge in [-0.1, -0.05) is 18.2 Å². The molecule has 1 aliphatic heterocycles. The molecule has 4 aromatic rings. The summed E-state index contributed by atoms with van der Waals surface area (Å²) in [6, 6.07) is 9.83. The van der Waals surface area contributed by atoms with Gasteiger partial charge >= 0.3 is 0 Å². The van der Waals surface area contributed by atoms with Gasteiger partial charge in [-0.05, 0) is 85.1 Å². The fourth-order valence-corrected chi connectivity index (χ4v) is 5.41. The molecular formula is C29H29ClN6O2. The van der Waals surface area contributed by atoms with Crippen LogP contribution < -0.4 is 10.1 Å². The summed E-state index contributed by atoms with van der Waals surface area (Å²) in [5.41, 5.74) is 4.96. The molecule has 2 N–H and O–H groups in total. The topological polar surface area (TPSA) is 96.0 Å². The van der Waals surface area contributed by atoms with Crippen LogP contribution in [-0.2, 0) is 11.4 Å². The molecule has 1 saturated heterocycles. The zero-order valence-electron chi connectivity index (χ0n) is 21.0. The maximum atomic E-state index is 12.0. The molecule has 1 amide bonds. The van der Waals surface area contributed by atoms with Crippen molar-refractivity contribution in [2.24, 2.45) is 0 Å². The Kier molecular flexibility index (Phi) is 6.72. The van der Waals surface area contributed by atoms with Crippen LogP contribution in [0.3, 0.4) is 0 Å². The number of nitrogens with zero attached hydrogens (tertiary/aromatic N) is 4. The molecular weight excluding hydrogens is 500 g/mol. The molecule has 8 nitrogen and oxygen atoms in total. The first-order valence-corrected chi connectivity index (χ1v) is 13.3. The molecule has 2 aliphatic rings. The third kappa shape index (κ3) is 5.09. The van der Waals surface area contributed by atoms with E-state index in [0.29, 0.717) is 48.1 Å². The Morgan fingerprint density at radius 2 is 1.97 bits per heavy atom. The van der Waals surface area contributed by atoms with Crippen LogP contribution in [0.4, 0.5) is 11.5 Å². The molecule has 0 bridgehead atoms. The van der Waals surface area contributed by atoms with Crippen LogP contribution in [0.25, 0.3) is 11.0 Å². The number of nitrogens with one attached hydrogen (secondary N) is 2. The number of likely N-dealkylation sites (tertiary alicyclic amines) is 1. The number of H-pyrrole nitrogens is 1. The molecule has 38 heavy (non-hydrogen) atoms. The highest BCUT2D eigenvalue weighted by Gasteiger charge is 2.26. The predicted molar refractivity (Wildman–Crippen MR) is 148 cm³/mol. The molecule has 3 aromatic heterocycles. The molecule has 0 atom stereocenters. The van der Waals surface area contributed by atoms with Crippen molar-refractivity contribution < 1.29 is 9.53 Å². The summed E-state index contributed by atoms with van der Waals surface area (Å²) in [4.78, 5) is 30.5. The van der Waals surface area contributed by atoms with Gasteiger partial charge in [0.1, 0.15) is 30.1 Å². The normalized spacial score (nSPS) is 16.0. The standard InChI is InChI=1S/C29H29ClN6O2/c1-2-26(37)36-11-8-19(9-12-36)23-15-32-28-27(23)29(34-17-33-28)35-21-5-6-25(24(30)14-21)38-16-22-13-20(7-10-31-22)18-3-4-18/h2,5-7,10,13-15,17-19H,1,3-4,8-9,11-12,16H2,(H2,32,33,34,35). The third-order valence-corrected chi connectivity index (χ3v) is 7.68. The van der Waals surface area contributed by atoms with E-state index >= 15 is 0 Å². The molecule has 0 unspecified atom stereocenters. The largest absolute Gasteiger partial charge is 0.486 e. The van der Waals surface area contributed by atoms with Crippen molar-refractivity contribution in [2.45, 2.75) is 44.1 Å². The highest BCUT2D eigenvalue weighted by atomic mass is 35.5. The van der Waals surface area contributed by atoms with Crippen LogP contribution in [-0.4, -0.2) is 43.8 Å². The van der Waals surface area contributed by atoms with E-state index in [9.17, 15) is 4.79 Å². The Morgan fingerprint density at radius 1 is 1.13 bits per heavy atom. The lowest BCUT2D eigenvalue weighted by atomic mass is 9.89. The number of anilines is 2. The van der Waals surface area contributed by atoms with E-state index < -0.39 is 0 Å². The van der Waals surface area contributed by atoms with E-state index in [1.54, 1.807) is 0 Å². The van der Waals surface area contributed by atoms with Gasteiger partial charge in [0, 0.05) is 31.2 Å². The van der Waals surface area contributed by atoms with Crippen LogP contribution in [0.15, 0.2) is 61.7 Å². The lowest BCUT2D eigenvalue weighted by Crippen LogP contribution is -2.36. The average molecular weight is 529 g/mol. The highest BCUT2D eigenvalue weighted by Crippen LogP contribution is 2.40. The first-order valence-electron chi connectivity index (χ1n) is 13.0. The van der Waals surface area contributed by atoms with Crippen molar-refractivity contribution >= 4 is 40.0 Å². The second kappa shape index (κ2) is 10.5. The van der Waals surface area contributed by atoms with Gasteiger partial charge in [-0.25, -0.2) is 9.97 Å². The van der Waals surface area contributed by atoms with Gasteiger partial charge in [-0.3, -0.25) is 9.78 Å². The summed E-state index contributed by atoms with van der Waals surface area (Å²) in [6.45, 7) is 5.38. The molecule has 0 radical (unpaired) electrons. The Balaban J connectivity index is 1.17. The molecule has 1 aliphatic carbocycles. The fraction of sp³-hybridized carbons (Fsp3) is 0.310. The average Bonchev–Trinajstić information content (AvgIpc) is 3.71. The van der Waals surface area contributed by atoms with Gasteiger partial charge in [0.05, 0.1) is 16.1 Å². The first kappa shape index (κ1) is 24.4. The smallest absolute Gasteiger partial charge is 0.245 e. The monoisotopic (exact) mass is 528 g/mol. The maximum absolute atomic E-state index is 12.0. The number of hydrogen-bond acceptors (Lipinski definition) is 6. The predicted octanol–water partition coefficient (Wildman–Crippen LogP) is 6.10. The molecule has 9 heteroatoms. The molecule has 1 saturated carbocycles. The van der Waals surface area contributed by atoms with Crippen LogP contribution in [0.2, 0.25) is 5.02 Å². The van der Waals surface area contributed by atoms with Crippen LogP contribution in [0, 0.1) is 0 Å². The quantitative estimate of drug-likeness (QED) is 0.268. The molecule has 6 rings (SSSR count). The van der Waals surface area contributed by atoms with Crippen LogP contribution in [0.5, 0.6) is 5.75 Å². The summed E-state index contributed by atoms with van der Waals surface area (Å²) in [6.07, 6.45) is 11.0. The number of pyridine rings is 1. The van der Waals surface area contributed by atoms with E-state index in [1.165, 1.54) is 30.8 Å². The second-order valence-corrected chi connectivity index (χ2v) is 10.3. The number of aromatic nitrogens is 4. The minimum Gasteiger partial charge on any atom is -0.486 e. The van der Waals surface area contributed by atoms with Crippen LogP contribution in [0.1, 0.15) is 54.3 Å². The van der Waals surface area contributed by atoms with Crippen molar-refractivity contribution in [3.8, 4) is 5.75 Å². The molecule has 4 heterocycles. The van der Waals surface area contributed by atoms with Gasteiger partial charge in [0.25, 0.3) is 0 Å². The fourth-order valence-electron chi connectivity index (χ4n) is 5.17. The van der Waals surface area contributed by atoms with E-state index in [0.717, 1.165) is 40.8 Å². The number of aromatic amines is 1. The Labute approximate surface area is 226 Å². The number of benzene rings is 1. The number of carbonyl (C=O) groups is 1. The zero-order valence-corrected chi connectivity index (χ0v) is 21.7. The number of piperidine rings is 1. The van der Waals surface area contributed by atoms with Crippen molar-refractivity contribution in [2.75, 3.05) is 18.4 Å². The molecule has 194 valence electrons. The third-order valence-electron chi connectivity index (χ3n) is 7.38. The Hall–Kier alpha value is -3.91. The molecule has 0 spiro atoms. The van der Waals surface area contributed by atoms with Gasteiger partial charge in [-0.2, -0.15) is 0 Å². The lowest BCUT2D eigenvalue weighted by Gasteiger charge is -2.31. The summed E-state index contributed by atoms with van der Waals surface area (Å²) in [5, 5.41) is 4.88. The number of carbonyl (C=O) groups excluding carboxylic acids is 1. The number of fused-ring (bicyclic) bond motifs is 1. The van der Waals surface area contributed by atoms with E-state index in [4.69, 9.17) is 16.3 Å². The first-order chi connectivity index (χ1) is 18.6. The van der Waals surface area contributed by atoms with Gasteiger partial charge in [0.2, 0.25) is 5.91 Å². The van der Waals surface area contributed by atoms with E-state index in [1.807, 2.05) is 35.5 Å². The van der Waals surface area contributed by atoms with Crippen LogP contribution >= 0.6 is 11.6 Å². The van der Waals surface area contributed by atoms with Gasteiger partial charge in [-0.15, -0.1) is 0 Å². The van der Waals surface area contributed by atoms with Gasteiger partial charge < -0.3 is 19.9 Å². The SMILES string of the molecule is C=CC(=O)N1CCC(c2c[nH]c3ncnc(Nc4ccc(OCc5cc(C6CC6)ccn5)c(Cl)c4)c23)CC1. The summed E-state index contributed by atoms with van der Waals surface area (Å²) in [7, 11) is 0. The second-order valence-electron chi connectivity index (χ2n) is 9.91. The van der Waals surface area contributed by atoms with Crippen molar-refractivity contribution in [1.82, 2.24) is 24.8 Å². The van der Waals surface area contributed by atoms with E-state index in [2.05, 4.69) is 44.0 Å². The number of hydrogen-bond donors (Lipinski definition) is 2.